The fraction of sp³-hybridized carbons (Fsp3) is 0.562. The molecule has 3 rings (SSSR count). The zero-order valence-corrected chi connectivity index (χ0v) is 21.9. The molecule has 0 radical (unpaired) electrons. The molecule has 2 nitrogen and oxygen atoms in total. The van der Waals surface area contributed by atoms with Gasteiger partial charge in [-0.3, -0.25) is 0 Å². The van der Waals surface area contributed by atoms with E-state index in [1.807, 2.05) is 0 Å². The smallest absolute Gasteiger partial charge is 0.171 e. The summed E-state index contributed by atoms with van der Waals surface area (Å²) < 4.78 is 4.81. The van der Waals surface area contributed by atoms with E-state index in [1.165, 1.54) is 62.5 Å². The summed E-state index contributed by atoms with van der Waals surface area (Å²) in [6.07, 6.45) is 33.7. The summed E-state index contributed by atoms with van der Waals surface area (Å²) in [5, 5.41) is 0. The zero-order valence-electron chi connectivity index (χ0n) is 21.9. The fourth-order valence-corrected chi connectivity index (χ4v) is 5.06. The summed E-state index contributed by atoms with van der Waals surface area (Å²) >= 11 is 0. The van der Waals surface area contributed by atoms with Crippen molar-refractivity contribution in [3.63, 3.8) is 0 Å². The molecule has 0 saturated carbocycles. The van der Waals surface area contributed by atoms with Crippen LogP contribution in [0.1, 0.15) is 89.2 Å². The standard InChI is InChI=1S/C32H48N2/c1-29-17-11-7-3-5-9-14-20-32-22-16-24-34(28-32)26-30(2)18-12-8-4-6-10-13-19-31-21-15-23-33(25-29)27-31/h5-6,9-10,15-16,21-24,27-30H,3-4,7-8,11-14,17-20,25-26H2,1-2H3/q+2/b9-5-,10-6-/t29-,30-/m1/s1. The Morgan fingerprint density at radius 1 is 0.588 bits per heavy atom. The zero-order chi connectivity index (χ0) is 23.8. The second kappa shape index (κ2) is 15.6. The van der Waals surface area contributed by atoms with Gasteiger partial charge in [0.25, 0.3) is 0 Å². The van der Waals surface area contributed by atoms with E-state index >= 15 is 0 Å². The second-order valence-electron chi connectivity index (χ2n) is 10.6. The van der Waals surface area contributed by atoms with Crippen LogP contribution in [0.3, 0.4) is 0 Å². The van der Waals surface area contributed by atoms with Crippen LogP contribution < -0.4 is 9.13 Å². The van der Waals surface area contributed by atoms with Crippen molar-refractivity contribution in [1.29, 1.82) is 0 Å². The number of hydrogen-bond donors (Lipinski definition) is 0. The van der Waals surface area contributed by atoms with E-state index in [1.54, 1.807) is 0 Å². The van der Waals surface area contributed by atoms with Gasteiger partial charge in [-0.2, -0.15) is 0 Å². The summed E-state index contributed by atoms with van der Waals surface area (Å²) in [7, 11) is 0. The fourth-order valence-electron chi connectivity index (χ4n) is 5.06. The van der Waals surface area contributed by atoms with Gasteiger partial charge in [0.15, 0.2) is 37.9 Å². The molecule has 0 aliphatic carbocycles. The van der Waals surface area contributed by atoms with Crippen LogP contribution in [-0.4, -0.2) is 0 Å². The maximum absolute atomic E-state index is 2.40. The van der Waals surface area contributed by atoms with Gasteiger partial charge in [-0.1, -0.05) is 51.0 Å². The van der Waals surface area contributed by atoms with Crippen molar-refractivity contribution in [3.8, 4) is 0 Å². The van der Waals surface area contributed by atoms with Crippen LogP contribution in [0.2, 0.25) is 0 Å². The van der Waals surface area contributed by atoms with Gasteiger partial charge < -0.3 is 0 Å². The van der Waals surface area contributed by atoms with Crippen molar-refractivity contribution >= 4 is 0 Å². The molecule has 0 unspecified atom stereocenters. The van der Waals surface area contributed by atoms with Gasteiger partial charge in [0.2, 0.25) is 0 Å². The number of rotatable bonds is 0. The highest BCUT2D eigenvalue weighted by molar-refractivity contribution is 5.07. The predicted molar refractivity (Wildman–Crippen MR) is 143 cm³/mol. The third-order valence-corrected chi connectivity index (χ3v) is 7.05. The lowest BCUT2D eigenvalue weighted by Crippen LogP contribution is -2.36. The highest BCUT2D eigenvalue weighted by Gasteiger charge is 2.11. The number of hydrogen-bond acceptors (Lipinski definition) is 0. The molecule has 0 fully saturated rings. The summed E-state index contributed by atoms with van der Waals surface area (Å²) in [5.41, 5.74) is 2.92. The minimum Gasteiger partial charge on any atom is -0.205 e. The van der Waals surface area contributed by atoms with Gasteiger partial charge >= 0.3 is 0 Å². The number of aryl methyl sites for hydroxylation is 2. The maximum atomic E-state index is 2.40. The molecule has 2 aromatic heterocycles. The van der Waals surface area contributed by atoms with Gasteiger partial charge in [0.1, 0.15) is 0 Å². The monoisotopic (exact) mass is 460 g/mol. The van der Waals surface area contributed by atoms with Crippen LogP contribution in [0.5, 0.6) is 0 Å². The van der Waals surface area contributed by atoms with Gasteiger partial charge in [-0.15, -0.1) is 0 Å². The maximum Gasteiger partial charge on any atom is 0.171 e. The number of fused-ring (bicyclic) bond motifs is 4. The molecule has 1 aliphatic rings. The van der Waals surface area contributed by atoms with Crippen LogP contribution in [0.15, 0.2) is 73.4 Å². The minimum atomic E-state index is 0.732. The van der Waals surface area contributed by atoms with Gasteiger partial charge in [-0.25, -0.2) is 9.13 Å². The molecule has 1 aliphatic heterocycles. The molecule has 0 saturated heterocycles. The van der Waals surface area contributed by atoms with E-state index in [9.17, 15) is 0 Å². The Kier molecular flexibility index (Phi) is 12.1. The molecule has 0 amide bonds. The van der Waals surface area contributed by atoms with E-state index in [2.05, 4.69) is 96.3 Å². The first-order valence-electron chi connectivity index (χ1n) is 13.9. The molecule has 4 bridgehead atoms. The second-order valence-corrected chi connectivity index (χ2v) is 10.6. The molecule has 0 aromatic carbocycles. The third-order valence-electron chi connectivity index (χ3n) is 7.05. The van der Waals surface area contributed by atoms with E-state index in [0.717, 1.165) is 50.6 Å². The Labute approximate surface area is 209 Å². The molecule has 34 heavy (non-hydrogen) atoms. The Balaban J connectivity index is 1.54. The van der Waals surface area contributed by atoms with Crippen molar-refractivity contribution in [2.24, 2.45) is 11.8 Å². The van der Waals surface area contributed by atoms with Crippen molar-refractivity contribution in [3.05, 3.63) is 84.5 Å². The number of allylic oxidation sites excluding steroid dienone is 4. The molecule has 2 atom stereocenters. The average molecular weight is 461 g/mol. The Hall–Kier alpha value is -2.22. The highest BCUT2D eigenvalue weighted by Crippen LogP contribution is 2.13. The first-order valence-corrected chi connectivity index (χ1v) is 13.9. The molecule has 0 spiro atoms. The van der Waals surface area contributed by atoms with Crippen LogP contribution >= 0.6 is 0 Å². The third kappa shape index (κ3) is 10.8. The lowest BCUT2D eigenvalue weighted by atomic mass is 10.0. The van der Waals surface area contributed by atoms with Crippen molar-refractivity contribution in [2.45, 2.75) is 104 Å². The number of pyridine rings is 2. The number of nitrogens with zero attached hydrogens (tertiary/aromatic N) is 2. The van der Waals surface area contributed by atoms with E-state index in [4.69, 9.17) is 0 Å². The van der Waals surface area contributed by atoms with Crippen LogP contribution in [0.25, 0.3) is 0 Å². The van der Waals surface area contributed by atoms with E-state index in [-0.39, 0.29) is 0 Å². The predicted octanol–water partition coefficient (Wildman–Crippen LogP) is 7.35. The van der Waals surface area contributed by atoms with Gasteiger partial charge in [0, 0.05) is 35.1 Å². The van der Waals surface area contributed by atoms with Gasteiger partial charge in [-0.05, 0) is 76.3 Å². The summed E-state index contributed by atoms with van der Waals surface area (Å²) in [6.45, 7) is 7.07. The Morgan fingerprint density at radius 3 is 1.50 bits per heavy atom. The average Bonchev–Trinajstić information content (AvgIpc) is 2.82. The summed E-state index contributed by atoms with van der Waals surface area (Å²) in [4.78, 5) is 0. The molecular formula is C32H48N2+2. The summed E-state index contributed by atoms with van der Waals surface area (Å²) in [6, 6.07) is 9.01. The van der Waals surface area contributed by atoms with E-state index in [0.29, 0.717) is 0 Å². The van der Waals surface area contributed by atoms with Crippen LogP contribution in [-0.2, 0) is 25.9 Å². The molecule has 184 valence electrons. The lowest BCUT2D eigenvalue weighted by Gasteiger charge is -2.08. The van der Waals surface area contributed by atoms with Crippen LogP contribution in [0, 0.1) is 11.8 Å². The molecule has 0 N–H and O–H groups in total. The summed E-state index contributed by atoms with van der Waals surface area (Å²) in [5.74, 6) is 1.46. The van der Waals surface area contributed by atoms with Crippen molar-refractivity contribution in [1.82, 2.24) is 0 Å². The highest BCUT2D eigenvalue weighted by atomic mass is 14.9. The topological polar surface area (TPSA) is 7.76 Å². The van der Waals surface area contributed by atoms with E-state index < -0.39 is 0 Å². The van der Waals surface area contributed by atoms with Crippen LogP contribution in [0.4, 0.5) is 0 Å². The lowest BCUT2D eigenvalue weighted by molar-refractivity contribution is -0.703. The SMILES string of the molecule is C[C@@H]1CCCC/C=C\CCc2ccc[n+](c2)C[C@H](C)CCCC/C=C\CCc2ccc[n+](c2)C1. The Bertz CT molecular complexity index is 809. The Morgan fingerprint density at radius 2 is 1.03 bits per heavy atom. The van der Waals surface area contributed by atoms with Crippen molar-refractivity contribution in [2.75, 3.05) is 0 Å². The van der Waals surface area contributed by atoms with Crippen molar-refractivity contribution < 1.29 is 9.13 Å². The van der Waals surface area contributed by atoms with Gasteiger partial charge in [0.05, 0.1) is 0 Å². The largest absolute Gasteiger partial charge is 0.205 e. The molecule has 2 aromatic rings. The molecule has 2 heteroatoms. The normalized spacial score (nSPS) is 24.2. The number of aromatic nitrogens is 2. The molecule has 3 heterocycles. The molecular weight excluding hydrogens is 412 g/mol. The minimum absolute atomic E-state index is 0.732. The first kappa shape index (κ1) is 26.4. The quantitative estimate of drug-likeness (QED) is 0.287. The first-order chi connectivity index (χ1) is 16.7.